The van der Waals surface area contributed by atoms with Gasteiger partial charge in [0.25, 0.3) is 5.91 Å². The first-order valence-electron chi connectivity index (χ1n) is 5.37. The zero-order valence-corrected chi connectivity index (χ0v) is 12.4. The summed E-state index contributed by atoms with van der Waals surface area (Å²) in [5.41, 5.74) is 5.78. The molecule has 18 heavy (non-hydrogen) atoms. The molecule has 1 atom stereocenters. The molecule has 0 aliphatic heterocycles. The van der Waals surface area contributed by atoms with Crippen LogP contribution in [0.3, 0.4) is 0 Å². The molecular weight excluding hydrogens is 319 g/mol. The van der Waals surface area contributed by atoms with E-state index in [1.807, 2.05) is 13.8 Å². The predicted molar refractivity (Wildman–Crippen MR) is 77.0 cm³/mol. The first-order valence-corrected chi connectivity index (χ1v) is 6.57. The highest BCUT2D eigenvalue weighted by Gasteiger charge is 2.20. The van der Waals surface area contributed by atoms with Crippen molar-refractivity contribution in [3.63, 3.8) is 0 Å². The van der Waals surface area contributed by atoms with Crippen molar-refractivity contribution in [1.29, 1.82) is 0 Å². The second-order valence-electron chi connectivity index (χ2n) is 4.26. The molecule has 1 rings (SSSR count). The van der Waals surface area contributed by atoms with Crippen molar-refractivity contribution in [3.05, 3.63) is 34.1 Å². The first kappa shape index (κ1) is 15.0. The molecule has 0 bridgehead atoms. The van der Waals surface area contributed by atoms with E-state index >= 15 is 0 Å². The van der Waals surface area contributed by atoms with E-state index < -0.39 is 17.8 Å². The average Bonchev–Trinajstić information content (AvgIpc) is 2.23. The Morgan fingerprint density at radius 2 is 2.06 bits per heavy atom. The number of nitrogens with two attached hydrogens (primary N) is 1. The second-order valence-corrected chi connectivity index (χ2v) is 5.64. The van der Waals surface area contributed by atoms with E-state index in [0.29, 0.717) is 4.47 Å². The van der Waals surface area contributed by atoms with Gasteiger partial charge in [0.1, 0.15) is 5.82 Å². The van der Waals surface area contributed by atoms with Crippen molar-refractivity contribution in [1.82, 2.24) is 5.32 Å². The Labute approximate surface area is 119 Å². The molecule has 0 aromatic heterocycles. The molecule has 6 heteroatoms. The van der Waals surface area contributed by atoms with Crippen LogP contribution < -0.4 is 11.1 Å². The zero-order chi connectivity index (χ0) is 13.9. The maximum atomic E-state index is 13.2. The van der Waals surface area contributed by atoms with E-state index in [2.05, 4.69) is 21.2 Å². The summed E-state index contributed by atoms with van der Waals surface area (Å²) in [5.74, 6) is -0.809. The Kier molecular flexibility index (Phi) is 5.22. The standard InChI is InChI=1S/C12H14BrFN2OS/c1-6(2)10(11(15)18)16-12(17)7-3-8(13)5-9(14)4-7/h3-6,10H,1-2H3,(H2,15,18)(H,16,17). The normalized spacial score (nSPS) is 12.3. The van der Waals surface area contributed by atoms with Crippen LogP contribution in [0.4, 0.5) is 4.39 Å². The van der Waals surface area contributed by atoms with Crippen molar-refractivity contribution >= 4 is 39.0 Å². The molecule has 0 spiro atoms. The van der Waals surface area contributed by atoms with Gasteiger partial charge in [-0.05, 0) is 24.1 Å². The minimum Gasteiger partial charge on any atom is -0.392 e. The van der Waals surface area contributed by atoms with Crippen LogP contribution in [0, 0.1) is 11.7 Å². The fourth-order valence-corrected chi connectivity index (χ4v) is 2.27. The minimum absolute atomic E-state index is 0.0726. The Bertz CT molecular complexity index is 459. The first-order chi connectivity index (χ1) is 8.31. The molecule has 3 nitrogen and oxygen atoms in total. The number of hydrogen-bond donors (Lipinski definition) is 2. The largest absolute Gasteiger partial charge is 0.392 e. The number of carbonyl (C=O) groups is 1. The summed E-state index contributed by atoms with van der Waals surface area (Å²) in [4.78, 5) is 12.2. The molecule has 1 amide bonds. The Balaban J connectivity index is 2.90. The van der Waals surface area contributed by atoms with Gasteiger partial charge in [0, 0.05) is 10.0 Å². The van der Waals surface area contributed by atoms with E-state index in [1.54, 1.807) is 0 Å². The van der Waals surface area contributed by atoms with Crippen molar-refractivity contribution in [2.75, 3.05) is 0 Å². The topological polar surface area (TPSA) is 55.1 Å². The molecular formula is C12H14BrFN2OS. The van der Waals surface area contributed by atoms with E-state index in [-0.39, 0.29) is 16.5 Å². The minimum atomic E-state index is -0.481. The molecule has 0 saturated carbocycles. The third-order valence-corrected chi connectivity index (χ3v) is 3.10. The third kappa shape index (κ3) is 4.03. The number of benzene rings is 1. The molecule has 0 saturated heterocycles. The Morgan fingerprint density at radius 1 is 1.44 bits per heavy atom. The summed E-state index contributed by atoms with van der Waals surface area (Å²) in [5, 5.41) is 2.69. The van der Waals surface area contributed by atoms with Gasteiger partial charge in [-0.2, -0.15) is 0 Å². The van der Waals surface area contributed by atoms with E-state index in [1.165, 1.54) is 12.1 Å². The van der Waals surface area contributed by atoms with Gasteiger partial charge >= 0.3 is 0 Å². The van der Waals surface area contributed by atoms with Crippen LogP contribution in [0.25, 0.3) is 0 Å². The van der Waals surface area contributed by atoms with Crippen LogP contribution >= 0.6 is 28.1 Å². The van der Waals surface area contributed by atoms with Gasteiger partial charge in [-0.25, -0.2) is 4.39 Å². The summed E-state index contributed by atoms with van der Waals surface area (Å²) >= 11 is 8.03. The molecule has 98 valence electrons. The molecule has 0 aliphatic rings. The fourth-order valence-electron chi connectivity index (χ4n) is 1.48. The molecule has 0 fully saturated rings. The average molecular weight is 333 g/mol. The molecule has 1 unspecified atom stereocenters. The van der Waals surface area contributed by atoms with E-state index in [4.69, 9.17) is 18.0 Å². The van der Waals surface area contributed by atoms with Gasteiger partial charge in [0.05, 0.1) is 11.0 Å². The van der Waals surface area contributed by atoms with Gasteiger partial charge in [-0.1, -0.05) is 42.0 Å². The molecule has 0 heterocycles. The monoisotopic (exact) mass is 332 g/mol. The molecule has 0 aliphatic carbocycles. The highest BCUT2D eigenvalue weighted by Crippen LogP contribution is 2.15. The second kappa shape index (κ2) is 6.24. The maximum Gasteiger partial charge on any atom is 0.251 e. The lowest BCUT2D eigenvalue weighted by molar-refractivity contribution is 0.0939. The summed E-state index contributed by atoms with van der Waals surface area (Å²) in [7, 11) is 0. The summed E-state index contributed by atoms with van der Waals surface area (Å²) in [6.45, 7) is 3.79. The lowest BCUT2D eigenvalue weighted by atomic mass is 10.0. The van der Waals surface area contributed by atoms with Crippen LogP contribution in [-0.4, -0.2) is 16.9 Å². The summed E-state index contributed by atoms with van der Waals surface area (Å²) in [6.07, 6.45) is 0. The maximum absolute atomic E-state index is 13.2. The van der Waals surface area contributed by atoms with Gasteiger partial charge in [-0.3, -0.25) is 4.79 Å². The smallest absolute Gasteiger partial charge is 0.251 e. The molecule has 3 N–H and O–H groups in total. The SMILES string of the molecule is CC(C)C(NC(=O)c1cc(F)cc(Br)c1)C(N)=S. The third-order valence-electron chi connectivity index (χ3n) is 2.38. The lowest BCUT2D eigenvalue weighted by Gasteiger charge is -2.21. The summed E-state index contributed by atoms with van der Waals surface area (Å²) in [6, 6.07) is 3.57. The van der Waals surface area contributed by atoms with Gasteiger partial charge < -0.3 is 11.1 Å². The number of halogens is 2. The Hall–Kier alpha value is -1.01. The van der Waals surface area contributed by atoms with Crippen LogP contribution in [-0.2, 0) is 0 Å². The number of amides is 1. The highest BCUT2D eigenvalue weighted by atomic mass is 79.9. The lowest BCUT2D eigenvalue weighted by Crippen LogP contribution is -2.46. The highest BCUT2D eigenvalue weighted by molar-refractivity contribution is 9.10. The molecule has 0 radical (unpaired) electrons. The van der Waals surface area contributed by atoms with Crippen LogP contribution in [0.15, 0.2) is 22.7 Å². The van der Waals surface area contributed by atoms with E-state index in [9.17, 15) is 9.18 Å². The quantitative estimate of drug-likeness (QED) is 0.833. The van der Waals surface area contributed by atoms with Gasteiger partial charge in [-0.15, -0.1) is 0 Å². The van der Waals surface area contributed by atoms with Crippen molar-refractivity contribution in [2.24, 2.45) is 11.7 Å². The van der Waals surface area contributed by atoms with Crippen molar-refractivity contribution in [3.8, 4) is 0 Å². The number of rotatable bonds is 4. The van der Waals surface area contributed by atoms with Crippen molar-refractivity contribution < 1.29 is 9.18 Å². The summed E-state index contributed by atoms with van der Waals surface area (Å²) < 4.78 is 13.7. The molecule has 1 aromatic rings. The van der Waals surface area contributed by atoms with Crippen LogP contribution in [0.5, 0.6) is 0 Å². The number of hydrogen-bond acceptors (Lipinski definition) is 2. The predicted octanol–water partition coefficient (Wildman–Crippen LogP) is 2.63. The van der Waals surface area contributed by atoms with Crippen LogP contribution in [0.1, 0.15) is 24.2 Å². The fraction of sp³-hybridized carbons (Fsp3) is 0.333. The number of carbonyl (C=O) groups excluding carboxylic acids is 1. The van der Waals surface area contributed by atoms with Crippen LogP contribution in [0.2, 0.25) is 0 Å². The molecule has 1 aromatic carbocycles. The van der Waals surface area contributed by atoms with Gasteiger partial charge in [0.15, 0.2) is 0 Å². The van der Waals surface area contributed by atoms with Crippen molar-refractivity contribution in [2.45, 2.75) is 19.9 Å². The zero-order valence-electron chi connectivity index (χ0n) is 10.0. The number of nitrogens with one attached hydrogen (secondary N) is 1. The van der Waals surface area contributed by atoms with Gasteiger partial charge in [0.2, 0.25) is 0 Å². The number of thiocarbonyl (C=S) groups is 1. The van der Waals surface area contributed by atoms with E-state index in [0.717, 1.165) is 6.07 Å². The Morgan fingerprint density at radius 3 is 2.50 bits per heavy atom.